The normalized spacial score (nSPS) is 15.0. The zero-order valence-electron chi connectivity index (χ0n) is 10.5. The molecule has 0 aliphatic heterocycles. The monoisotopic (exact) mass is 225 g/mol. The fraction of sp³-hybridized carbons (Fsp3) is 0.750. The van der Waals surface area contributed by atoms with Crippen LogP contribution in [0.2, 0.25) is 0 Å². The Hall–Kier alpha value is -0.870. The maximum absolute atomic E-state index is 9.40. The maximum atomic E-state index is 9.40. The Morgan fingerprint density at radius 3 is 2.81 bits per heavy atom. The molecular formula is C12H23N3O. The number of rotatable bonds is 7. The Morgan fingerprint density at radius 2 is 2.31 bits per heavy atom. The van der Waals surface area contributed by atoms with Gasteiger partial charge in [-0.25, -0.2) is 0 Å². The summed E-state index contributed by atoms with van der Waals surface area (Å²) in [6, 6.07) is 0. The highest BCUT2D eigenvalue weighted by molar-refractivity contribution is 4.99. The second-order valence-electron chi connectivity index (χ2n) is 4.68. The van der Waals surface area contributed by atoms with Crippen molar-refractivity contribution >= 4 is 0 Å². The van der Waals surface area contributed by atoms with Crippen LogP contribution in [0.3, 0.4) is 0 Å². The average molecular weight is 225 g/mol. The molecule has 1 atom stereocenters. The van der Waals surface area contributed by atoms with Crippen molar-refractivity contribution in [3.05, 3.63) is 18.0 Å². The summed E-state index contributed by atoms with van der Waals surface area (Å²) in [5.74, 6) is 0. The highest BCUT2D eigenvalue weighted by atomic mass is 16.3. The Morgan fingerprint density at radius 1 is 1.56 bits per heavy atom. The van der Waals surface area contributed by atoms with Crippen LogP contribution in [0, 0.1) is 6.92 Å². The van der Waals surface area contributed by atoms with Gasteiger partial charge < -0.3 is 10.4 Å². The molecule has 1 heterocycles. The summed E-state index contributed by atoms with van der Waals surface area (Å²) in [4.78, 5) is 0. The SMILES string of the molecule is CCCNC(C)(CO)CCn1cc(C)cn1. The first kappa shape index (κ1) is 13.2. The third kappa shape index (κ3) is 3.94. The number of nitrogens with one attached hydrogen (secondary N) is 1. The lowest BCUT2D eigenvalue weighted by atomic mass is 9.99. The van der Waals surface area contributed by atoms with E-state index in [1.165, 1.54) is 5.56 Å². The standard InChI is InChI=1S/C12H23N3O/c1-4-6-13-12(3,10-16)5-7-15-9-11(2)8-14-15/h8-9,13,16H,4-7,10H2,1-3H3. The van der Waals surface area contributed by atoms with Gasteiger partial charge in [-0.2, -0.15) is 5.10 Å². The number of hydrogen-bond acceptors (Lipinski definition) is 3. The number of nitrogens with zero attached hydrogens (tertiary/aromatic N) is 2. The molecule has 0 aliphatic carbocycles. The van der Waals surface area contributed by atoms with Crippen molar-refractivity contribution in [1.29, 1.82) is 0 Å². The van der Waals surface area contributed by atoms with Crippen molar-refractivity contribution in [2.45, 2.75) is 45.7 Å². The molecule has 0 spiro atoms. The predicted octanol–water partition coefficient (Wildman–Crippen LogP) is 1.33. The Kier molecular flexibility index (Phi) is 4.96. The summed E-state index contributed by atoms with van der Waals surface area (Å²) in [7, 11) is 0. The molecule has 1 aromatic rings. The van der Waals surface area contributed by atoms with Gasteiger partial charge in [-0.3, -0.25) is 4.68 Å². The Balaban J connectivity index is 2.44. The molecule has 2 N–H and O–H groups in total. The van der Waals surface area contributed by atoms with E-state index in [1.54, 1.807) is 0 Å². The third-order valence-electron chi connectivity index (χ3n) is 2.81. The summed E-state index contributed by atoms with van der Waals surface area (Å²) in [6.45, 7) is 8.15. The minimum Gasteiger partial charge on any atom is -0.394 e. The predicted molar refractivity (Wildman–Crippen MR) is 65.4 cm³/mol. The first-order chi connectivity index (χ1) is 7.59. The molecule has 4 heteroatoms. The van der Waals surface area contributed by atoms with Crippen LogP contribution in [0.4, 0.5) is 0 Å². The lowest BCUT2D eigenvalue weighted by Crippen LogP contribution is -2.46. The number of aliphatic hydroxyl groups is 1. The smallest absolute Gasteiger partial charge is 0.0611 e. The van der Waals surface area contributed by atoms with Gasteiger partial charge in [0.05, 0.1) is 12.8 Å². The molecule has 1 unspecified atom stereocenters. The molecular weight excluding hydrogens is 202 g/mol. The summed E-state index contributed by atoms with van der Waals surface area (Å²) in [5, 5.41) is 17.0. The van der Waals surface area contributed by atoms with Gasteiger partial charge in [-0.1, -0.05) is 6.92 Å². The van der Waals surface area contributed by atoms with E-state index in [9.17, 15) is 5.11 Å². The molecule has 1 rings (SSSR count). The van der Waals surface area contributed by atoms with Gasteiger partial charge in [0, 0.05) is 18.3 Å². The van der Waals surface area contributed by atoms with E-state index in [0.29, 0.717) is 0 Å². The van der Waals surface area contributed by atoms with Crippen LogP contribution >= 0.6 is 0 Å². The van der Waals surface area contributed by atoms with Crippen LogP contribution in [-0.2, 0) is 6.54 Å². The Labute approximate surface area is 97.7 Å². The van der Waals surface area contributed by atoms with E-state index in [2.05, 4.69) is 24.3 Å². The quantitative estimate of drug-likeness (QED) is 0.736. The largest absolute Gasteiger partial charge is 0.394 e. The molecule has 0 fully saturated rings. The molecule has 4 nitrogen and oxygen atoms in total. The number of aliphatic hydroxyl groups excluding tert-OH is 1. The van der Waals surface area contributed by atoms with Crippen molar-refractivity contribution < 1.29 is 5.11 Å². The molecule has 0 aliphatic rings. The van der Waals surface area contributed by atoms with Gasteiger partial charge in [0.15, 0.2) is 0 Å². The lowest BCUT2D eigenvalue weighted by molar-refractivity contribution is 0.160. The van der Waals surface area contributed by atoms with Gasteiger partial charge in [-0.15, -0.1) is 0 Å². The van der Waals surface area contributed by atoms with E-state index in [4.69, 9.17) is 0 Å². The van der Waals surface area contributed by atoms with Crippen LogP contribution in [0.5, 0.6) is 0 Å². The molecule has 0 bridgehead atoms. The molecule has 1 aromatic heterocycles. The molecule has 92 valence electrons. The summed E-state index contributed by atoms with van der Waals surface area (Å²) in [6.07, 6.45) is 5.84. The number of aromatic nitrogens is 2. The van der Waals surface area contributed by atoms with Crippen molar-refractivity contribution in [2.75, 3.05) is 13.2 Å². The summed E-state index contributed by atoms with van der Waals surface area (Å²) in [5.41, 5.74) is 0.975. The number of aryl methyl sites for hydroxylation is 2. The highest BCUT2D eigenvalue weighted by Gasteiger charge is 2.21. The van der Waals surface area contributed by atoms with Gasteiger partial charge in [0.1, 0.15) is 0 Å². The van der Waals surface area contributed by atoms with E-state index >= 15 is 0 Å². The van der Waals surface area contributed by atoms with Crippen LogP contribution in [0.25, 0.3) is 0 Å². The van der Waals surface area contributed by atoms with E-state index in [1.807, 2.05) is 24.0 Å². The van der Waals surface area contributed by atoms with Crippen LogP contribution in [0.15, 0.2) is 12.4 Å². The van der Waals surface area contributed by atoms with Gasteiger partial charge in [0.2, 0.25) is 0 Å². The summed E-state index contributed by atoms with van der Waals surface area (Å²) < 4.78 is 1.93. The minimum absolute atomic E-state index is 0.160. The fourth-order valence-electron chi connectivity index (χ4n) is 1.60. The fourth-order valence-corrected chi connectivity index (χ4v) is 1.60. The molecule has 0 aromatic carbocycles. The zero-order valence-corrected chi connectivity index (χ0v) is 10.5. The zero-order chi connectivity index (χ0) is 12.0. The van der Waals surface area contributed by atoms with Crippen LogP contribution in [0.1, 0.15) is 32.3 Å². The summed E-state index contributed by atoms with van der Waals surface area (Å²) >= 11 is 0. The van der Waals surface area contributed by atoms with Crippen molar-refractivity contribution in [3.63, 3.8) is 0 Å². The van der Waals surface area contributed by atoms with E-state index in [-0.39, 0.29) is 12.1 Å². The molecule has 16 heavy (non-hydrogen) atoms. The van der Waals surface area contributed by atoms with E-state index in [0.717, 1.165) is 25.9 Å². The first-order valence-electron chi connectivity index (χ1n) is 5.94. The van der Waals surface area contributed by atoms with Gasteiger partial charge >= 0.3 is 0 Å². The van der Waals surface area contributed by atoms with E-state index < -0.39 is 0 Å². The average Bonchev–Trinajstić information content (AvgIpc) is 2.70. The third-order valence-corrected chi connectivity index (χ3v) is 2.81. The molecule has 0 saturated carbocycles. The van der Waals surface area contributed by atoms with Crippen LogP contribution in [-0.4, -0.2) is 33.6 Å². The molecule has 0 radical (unpaired) electrons. The first-order valence-corrected chi connectivity index (χ1v) is 5.94. The number of hydrogen-bond donors (Lipinski definition) is 2. The topological polar surface area (TPSA) is 50.1 Å². The van der Waals surface area contributed by atoms with Crippen molar-refractivity contribution in [1.82, 2.24) is 15.1 Å². The second-order valence-corrected chi connectivity index (χ2v) is 4.68. The van der Waals surface area contributed by atoms with Crippen molar-refractivity contribution in [2.24, 2.45) is 0 Å². The molecule has 0 amide bonds. The lowest BCUT2D eigenvalue weighted by Gasteiger charge is -2.28. The van der Waals surface area contributed by atoms with Gasteiger partial charge in [0.25, 0.3) is 0 Å². The molecule has 0 saturated heterocycles. The second kappa shape index (κ2) is 6.01. The van der Waals surface area contributed by atoms with Crippen LogP contribution < -0.4 is 5.32 Å². The minimum atomic E-state index is -0.199. The van der Waals surface area contributed by atoms with Gasteiger partial charge in [-0.05, 0) is 38.8 Å². The highest BCUT2D eigenvalue weighted by Crippen LogP contribution is 2.10. The van der Waals surface area contributed by atoms with Crippen molar-refractivity contribution in [3.8, 4) is 0 Å². The maximum Gasteiger partial charge on any atom is 0.0611 e. The Bertz CT molecular complexity index is 311.